The van der Waals surface area contributed by atoms with Crippen LogP contribution in [-0.4, -0.2) is 48.8 Å². The van der Waals surface area contributed by atoms with Crippen LogP contribution in [0.15, 0.2) is 30.3 Å². The number of hydrogen-bond donors (Lipinski definition) is 2. The molecule has 0 saturated carbocycles. The second kappa shape index (κ2) is 26.1. The summed E-state index contributed by atoms with van der Waals surface area (Å²) in [5.41, 5.74) is 0.903. The van der Waals surface area contributed by atoms with Gasteiger partial charge in [0.25, 0.3) is 0 Å². The lowest BCUT2D eigenvalue weighted by atomic mass is 10.1. The summed E-state index contributed by atoms with van der Waals surface area (Å²) in [6, 6.07) is 9.38. The van der Waals surface area contributed by atoms with E-state index in [9.17, 15) is 18.9 Å². The van der Waals surface area contributed by atoms with Crippen LogP contribution in [0.25, 0.3) is 0 Å². The largest absolute Gasteiger partial charge is 0.694 e. The van der Waals surface area contributed by atoms with Crippen LogP contribution in [0.5, 0.6) is 0 Å². The number of hydrogen-bond acceptors (Lipinski definition) is 8. The minimum Gasteiger partial charge on any atom is -0.462 e. The Hall–Kier alpha value is -2.55. The number of rotatable bonds is 26. The van der Waals surface area contributed by atoms with Crippen molar-refractivity contribution in [2.24, 2.45) is 0 Å². The molecule has 42 heavy (non-hydrogen) atoms. The molecule has 1 amide bonds. The Morgan fingerprint density at radius 2 is 1.33 bits per heavy atom. The van der Waals surface area contributed by atoms with Crippen molar-refractivity contribution in [1.82, 2.24) is 5.32 Å². The maximum atomic E-state index is 12.2. The van der Waals surface area contributed by atoms with E-state index in [1.807, 2.05) is 30.3 Å². The lowest BCUT2D eigenvalue weighted by molar-refractivity contribution is -0.161. The summed E-state index contributed by atoms with van der Waals surface area (Å²) in [6.07, 6.45) is 13.8. The second-order valence-corrected chi connectivity index (χ2v) is 11.1. The summed E-state index contributed by atoms with van der Waals surface area (Å²) in [6.45, 7) is 2.25. The highest BCUT2D eigenvalue weighted by Gasteiger charge is 2.23. The maximum absolute atomic E-state index is 12.2. The zero-order valence-electron chi connectivity index (χ0n) is 25.3. The van der Waals surface area contributed by atoms with Gasteiger partial charge in [0, 0.05) is 24.0 Å². The van der Waals surface area contributed by atoms with E-state index in [4.69, 9.17) is 19.1 Å². The van der Waals surface area contributed by atoms with Crippen LogP contribution in [0.2, 0.25) is 0 Å². The van der Waals surface area contributed by atoms with Crippen molar-refractivity contribution in [3.63, 3.8) is 0 Å². The van der Waals surface area contributed by atoms with E-state index in [-0.39, 0.29) is 32.7 Å². The Bertz CT molecular complexity index is 869. The number of nitrogens with one attached hydrogen (secondary N) is 1. The third-order valence-corrected chi connectivity index (χ3v) is 6.99. The van der Waals surface area contributed by atoms with Crippen LogP contribution in [0.1, 0.15) is 115 Å². The summed E-state index contributed by atoms with van der Waals surface area (Å²) < 4.78 is 31.3. The van der Waals surface area contributed by atoms with Crippen molar-refractivity contribution in [2.45, 2.75) is 122 Å². The molecule has 238 valence electrons. The lowest BCUT2D eigenvalue weighted by Gasteiger charge is -2.15. The highest BCUT2D eigenvalue weighted by molar-refractivity contribution is 7.32. The fourth-order valence-electron chi connectivity index (χ4n) is 4.24. The van der Waals surface area contributed by atoms with Crippen LogP contribution >= 0.6 is 8.25 Å². The summed E-state index contributed by atoms with van der Waals surface area (Å²) >= 11 is 0. The van der Waals surface area contributed by atoms with Crippen LogP contribution in [-0.2, 0) is 39.5 Å². The van der Waals surface area contributed by atoms with Crippen LogP contribution in [0, 0.1) is 0 Å². The molecule has 11 heteroatoms. The van der Waals surface area contributed by atoms with Crippen molar-refractivity contribution in [3.8, 4) is 0 Å². The number of amides is 1. The Kier molecular flexibility index (Phi) is 23.3. The fourth-order valence-corrected chi connectivity index (χ4v) is 4.53. The molecular weight excluding hydrogens is 561 g/mol. The zero-order chi connectivity index (χ0) is 30.7. The van der Waals surface area contributed by atoms with Gasteiger partial charge in [0.2, 0.25) is 0 Å². The molecule has 0 aliphatic carbocycles. The Balaban J connectivity index is 2.12. The van der Waals surface area contributed by atoms with E-state index in [1.54, 1.807) is 0 Å². The van der Waals surface area contributed by atoms with Gasteiger partial charge in [-0.2, -0.15) is 0 Å². The molecule has 0 radical (unpaired) electrons. The normalized spacial score (nSPS) is 11.9. The molecule has 1 rings (SSSR count). The van der Waals surface area contributed by atoms with Gasteiger partial charge in [-0.25, -0.2) is 4.79 Å². The van der Waals surface area contributed by atoms with E-state index in [1.165, 1.54) is 51.4 Å². The number of alkyl carbamates (subject to hydrolysis) is 1. The molecule has 2 N–H and O–H groups in total. The topological polar surface area (TPSA) is 137 Å². The van der Waals surface area contributed by atoms with Gasteiger partial charge < -0.3 is 19.5 Å². The molecule has 0 saturated heterocycles. The van der Waals surface area contributed by atoms with E-state index in [2.05, 4.69) is 16.8 Å². The van der Waals surface area contributed by atoms with Crippen molar-refractivity contribution < 1.29 is 42.6 Å². The van der Waals surface area contributed by atoms with Gasteiger partial charge in [-0.05, 0) is 24.8 Å². The minimum atomic E-state index is -2.87. The zero-order valence-corrected chi connectivity index (χ0v) is 26.2. The van der Waals surface area contributed by atoms with Crippen LogP contribution in [0.3, 0.4) is 0 Å². The summed E-state index contributed by atoms with van der Waals surface area (Å²) in [5, 5.41) is 2.67. The average molecular weight is 613 g/mol. The number of unbranched alkanes of at least 4 members (excludes halogenated alkanes) is 12. The van der Waals surface area contributed by atoms with Gasteiger partial charge in [0.1, 0.15) is 19.8 Å². The first-order valence-electron chi connectivity index (χ1n) is 15.5. The van der Waals surface area contributed by atoms with Gasteiger partial charge in [-0.1, -0.05) is 108 Å². The first-order chi connectivity index (χ1) is 20.4. The second-order valence-electron chi connectivity index (χ2n) is 10.4. The molecule has 0 fully saturated rings. The Morgan fingerprint density at radius 3 is 1.95 bits per heavy atom. The Labute approximate surface area is 252 Å². The maximum Gasteiger partial charge on any atom is 0.694 e. The highest BCUT2D eigenvalue weighted by Crippen LogP contribution is 2.16. The van der Waals surface area contributed by atoms with Gasteiger partial charge in [0.05, 0.1) is 0 Å². The standard InChI is InChI=1S/C31H50NO9P/c1-2-3-4-5-6-7-8-9-10-11-16-21-29(33)38-25-28(26-40-42(36)37)41-30(34)22-17-13-18-23-32-31(35)39-24-27-19-14-12-15-20-27/h12,14-15,19-20,28H,2-11,13,16-18,21-26H2,1H3,(H-,32,35,36,37)/p+1/t28-/m1/s1. The molecule has 2 atom stereocenters. The lowest BCUT2D eigenvalue weighted by Crippen LogP contribution is -2.29. The molecule has 0 bridgehead atoms. The van der Waals surface area contributed by atoms with Gasteiger partial charge in [-0.3, -0.25) is 9.59 Å². The van der Waals surface area contributed by atoms with Crippen molar-refractivity contribution in [2.75, 3.05) is 19.8 Å². The number of carbonyl (C=O) groups is 3. The van der Waals surface area contributed by atoms with Crippen molar-refractivity contribution >= 4 is 26.3 Å². The molecule has 0 aromatic heterocycles. The molecule has 10 nitrogen and oxygen atoms in total. The average Bonchev–Trinajstić information content (AvgIpc) is 2.98. The molecule has 0 spiro atoms. The highest BCUT2D eigenvalue weighted by atomic mass is 31.1. The molecule has 0 heterocycles. The third kappa shape index (κ3) is 23.1. The quantitative estimate of drug-likeness (QED) is 0.0478. The summed E-state index contributed by atoms with van der Waals surface area (Å²) in [5.74, 6) is -0.913. The molecule has 1 aromatic carbocycles. The molecule has 0 aliphatic heterocycles. The molecule has 1 unspecified atom stereocenters. The van der Waals surface area contributed by atoms with Gasteiger partial charge in [-0.15, -0.1) is 9.42 Å². The predicted molar refractivity (Wildman–Crippen MR) is 161 cm³/mol. The van der Waals surface area contributed by atoms with Crippen LogP contribution in [0.4, 0.5) is 4.79 Å². The minimum absolute atomic E-state index is 0.118. The van der Waals surface area contributed by atoms with E-state index in [0.29, 0.717) is 25.8 Å². The van der Waals surface area contributed by atoms with Gasteiger partial charge in [0.15, 0.2) is 6.10 Å². The number of benzene rings is 1. The van der Waals surface area contributed by atoms with Crippen molar-refractivity contribution in [1.29, 1.82) is 0 Å². The first kappa shape index (κ1) is 37.5. The fraction of sp³-hybridized carbons (Fsp3) is 0.710. The van der Waals surface area contributed by atoms with E-state index < -0.39 is 32.4 Å². The van der Waals surface area contributed by atoms with Gasteiger partial charge >= 0.3 is 26.3 Å². The number of carbonyl (C=O) groups excluding carboxylic acids is 3. The summed E-state index contributed by atoms with van der Waals surface area (Å²) in [4.78, 5) is 45.1. The third-order valence-electron chi connectivity index (χ3n) is 6.62. The first-order valence-corrected chi connectivity index (χ1v) is 16.6. The molecule has 1 aromatic rings. The monoisotopic (exact) mass is 612 g/mol. The number of ether oxygens (including phenoxy) is 3. The Morgan fingerprint density at radius 1 is 0.762 bits per heavy atom. The predicted octanol–water partition coefficient (Wildman–Crippen LogP) is 7.30. The van der Waals surface area contributed by atoms with E-state index >= 15 is 0 Å². The smallest absolute Gasteiger partial charge is 0.462 e. The summed E-state index contributed by atoms with van der Waals surface area (Å²) in [7, 11) is -2.87. The molecular formula is C31H51NO9P+. The molecule has 0 aliphatic rings. The number of esters is 2. The van der Waals surface area contributed by atoms with Crippen molar-refractivity contribution in [3.05, 3.63) is 35.9 Å². The SMILES string of the molecule is CCCCCCCCCCCCCC(=O)OC[C@H](CO[P+](=O)O)OC(=O)CCCCCNC(=O)OCc1ccccc1. The van der Waals surface area contributed by atoms with E-state index in [0.717, 1.165) is 24.8 Å². The van der Waals surface area contributed by atoms with Crippen LogP contribution < -0.4 is 5.32 Å².